The minimum Gasteiger partial charge on any atom is -0.394 e. The van der Waals surface area contributed by atoms with Crippen molar-refractivity contribution in [3.8, 4) is 11.3 Å². The second kappa shape index (κ2) is 4.51. The molecule has 0 aliphatic heterocycles. The van der Waals surface area contributed by atoms with Crippen molar-refractivity contribution in [2.45, 2.75) is 18.4 Å². The van der Waals surface area contributed by atoms with E-state index in [1.807, 2.05) is 30.3 Å². The summed E-state index contributed by atoms with van der Waals surface area (Å²) in [5.41, 5.74) is 1.71. The number of benzene rings is 1. The molecule has 1 aliphatic carbocycles. The highest BCUT2D eigenvalue weighted by Gasteiger charge is 2.43. The van der Waals surface area contributed by atoms with Gasteiger partial charge in [0.2, 0.25) is 0 Å². The highest BCUT2D eigenvalue weighted by atomic mass is 16.3. The van der Waals surface area contributed by atoms with E-state index in [0.29, 0.717) is 11.3 Å². The molecular formula is C14H15N3O2. The minimum absolute atomic E-state index is 0.0166. The lowest BCUT2D eigenvalue weighted by Crippen LogP contribution is -2.39. The Morgan fingerprint density at radius 2 is 2.11 bits per heavy atom. The van der Waals surface area contributed by atoms with E-state index < -0.39 is 5.54 Å². The molecule has 2 aromatic rings. The molecule has 0 radical (unpaired) electrons. The topological polar surface area (TPSA) is 78.0 Å². The largest absolute Gasteiger partial charge is 0.394 e. The zero-order valence-corrected chi connectivity index (χ0v) is 10.4. The lowest BCUT2D eigenvalue weighted by atomic mass is 10.1. The molecule has 1 saturated carbocycles. The number of hydrogen-bond acceptors (Lipinski definition) is 3. The van der Waals surface area contributed by atoms with Crippen molar-refractivity contribution >= 4 is 5.91 Å². The van der Waals surface area contributed by atoms with Crippen molar-refractivity contribution < 1.29 is 9.90 Å². The van der Waals surface area contributed by atoms with Crippen LogP contribution in [0.15, 0.2) is 36.5 Å². The van der Waals surface area contributed by atoms with Crippen molar-refractivity contribution in [1.29, 1.82) is 0 Å². The number of nitrogens with zero attached hydrogens (tertiary/aromatic N) is 1. The second-order valence-electron chi connectivity index (χ2n) is 4.92. The number of H-pyrrole nitrogens is 1. The van der Waals surface area contributed by atoms with Crippen molar-refractivity contribution in [2.24, 2.45) is 0 Å². The van der Waals surface area contributed by atoms with Gasteiger partial charge in [-0.3, -0.25) is 9.89 Å². The average Bonchev–Trinajstić information content (AvgIpc) is 3.04. The Kier molecular flexibility index (Phi) is 2.83. The van der Waals surface area contributed by atoms with Crippen molar-refractivity contribution in [3.05, 3.63) is 42.1 Å². The van der Waals surface area contributed by atoms with Crippen LogP contribution in [0.2, 0.25) is 0 Å². The van der Waals surface area contributed by atoms with Crippen LogP contribution in [0.3, 0.4) is 0 Å². The molecule has 0 spiro atoms. The van der Waals surface area contributed by atoms with E-state index in [1.54, 1.807) is 0 Å². The number of carbonyl (C=O) groups is 1. The molecule has 0 bridgehead atoms. The maximum Gasteiger partial charge on any atom is 0.255 e. The fourth-order valence-corrected chi connectivity index (χ4v) is 2.06. The van der Waals surface area contributed by atoms with E-state index in [2.05, 4.69) is 15.5 Å². The van der Waals surface area contributed by atoms with E-state index >= 15 is 0 Å². The number of aliphatic hydroxyl groups excluding tert-OH is 1. The van der Waals surface area contributed by atoms with Crippen LogP contribution in [0.1, 0.15) is 23.2 Å². The molecule has 98 valence electrons. The summed E-state index contributed by atoms with van der Waals surface area (Å²) in [6, 6.07) is 9.58. The molecule has 1 fully saturated rings. The first-order valence-electron chi connectivity index (χ1n) is 6.26. The van der Waals surface area contributed by atoms with E-state index in [9.17, 15) is 9.90 Å². The molecule has 19 heavy (non-hydrogen) atoms. The number of aromatic nitrogens is 2. The fourth-order valence-electron chi connectivity index (χ4n) is 2.06. The summed E-state index contributed by atoms with van der Waals surface area (Å²) in [5, 5.41) is 18.9. The first-order valence-corrected chi connectivity index (χ1v) is 6.26. The molecule has 1 aromatic carbocycles. The highest BCUT2D eigenvalue weighted by molar-refractivity contribution is 6.00. The molecule has 1 aliphatic rings. The molecule has 5 nitrogen and oxygen atoms in total. The zero-order valence-electron chi connectivity index (χ0n) is 10.4. The summed E-state index contributed by atoms with van der Waals surface area (Å²) in [6.45, 7) is -0.0166. The summed E-state index contributed by atoms with van der Waals surface area (Å²) in [6.07, 6.45) is 3.17. The lowest BCUT2D eigenvalue weighted by molar-refractivity contribution is 0.0907. The fraction of sp³-hybridized carbons (Fsp3) is 0.286. The molecule has 3 rings (SSSR count). The number of carbonyl (C=O) groups excluding carboxylic acids is 1. The lowest BCUT2D eigenvalue weighted by Gasteiger charge is -2.14. The van der Waals surface area contributed by atoms with E-state index in [1.165, 1.54) is 6.20 Å². The van der Waals surface area contributed by atoms with Gasteiger partial charge in [0, 0.05) is 5.56 Å². The number of nitrogens with one attached hydrogen (secondary N) is 2. The van der Waals surface area contributed by atoms with Gasteiger partial charge in [-0.25, -0.2) is 0 Å². The van der Waals surface area contributed by atoms with E-state index in [4.69, 9.17) is 0 Å². The van der Waals surface area contributed by atoms with Crippen LogP contribution >= 0.6 is 0 Å². The first kappa shape index (κ1) is 11.9. The summed E-state index contributed by atoms with van der Waals surface area (Å²) in [5.74, 6) is -0.195. The van der Waals surface area contributed by atoms with Gasteiger partial charge in [0.15, 0.2) is 0 Å². The second-order valence-corrected chi connectivity index (χ2v) is 4.92. The Morgan fingerprint density at radius 3 is 2.74 bits per heavy atom. The predicted molar refractivity (Wildman–Crippen MR) is 70.5 cm³/mol. The van der Waals surface area contributed by atoms with Crippen molar-refractivity contribution in [2.75, 3.05) is 6.61 Å². The standard InChI is InChI=1S/C14H15N3O2/c18-9-14(6-7-14)16-13(19)11-8-15-17-12(11)10-4-2-1-3-5-10/h1-5,8,18H,6-7,9H2,(H,15,17)(H,16,19). The molecule has 1 aromatic heterocycles. The van der Waals surface area contributed by atoms with Gasteiger partial charge in [-0.2, -0.15) is 5.10 Å². The van der Waals surface area contributed by atoms with Gasteiger partial charge in [-0.05, 0) is 12.8 Å². The maximum atomic E-state index is 12.2. The smallest absolute Gasteiger partial charge is 0.255 e. The molecule has 1 heterocycles. The Balaban J connectivity index is 1.86. The minimum atomic E-state index is -0.414. The van der Waals surface area contributed by atoms with Gasteiger partial charge in [0.1, 0.15) is 0 Å². The van der Waals surface area contributed by atoms with E-state index in [-0.39, 0.29) is 12.5 Å². The Bertz CT molecular complexity index is 588. The maximum absolute atomic E-state index is 12.2. The van der Waals surface area contributed by atoms with Crippen molar-refractivity contribution in [3.63, 3.8) is 0 Å². The summed E-state index contributed by atoms with van der Waals surface area (Å²) < 4.78 is 0. The van der Waals surface area contributed by atoms with Crippen LogP contribution < -0.4 is 5.32 Å². The van der Waals surface area contributed by atoms with Crippen LogP contribution in [0.25, 0.3) is 11.3 Å². The van der Waals surface area contributed by atoms with Crippen LogP contribution in [0.4, 0.5) is 0 Å². The first-order chi connectivity index (χ1) is 9.24. The monoisotopic (exact) mass is 257 g/mol. The molecule has 0 atom stereocenters. The zero-order chi connectivity index (χ0) is 13.3. The summed E-state index contributed by atoms with van der Waals surface area (Å²) >= 11 is 0. The quantitative estimate of drug-likeness (QED) is 0.773. The number of aliphatic hydroxyl groups is 1. The Labute approximate surface area is 110 Å². The van der Waals surface area contributed by atoms with Gasteiger partial charge in [-0.15, -0.1) is 0 Å². The SMILES string of the molecule is O=C(NC1(CO)CC1)c1cn[nH]c1-c1ccccc1. The Hall–Kier alpha value is -2.14. The van der Waals surface area contributed by atoms with Crippen molar-refractivity contribution in [1.82, 2.24) is 15.5 Å². The van der Waals surface area contributed by atoms with Gasteiger partial charge in [-0.1, -0.05) is 30.3 Å². The molecule has 5 heteroatoms. The third-order valence-corrected chi connectivity index (χ3v) is 3.48. The number of aromatic amines is 1. The van der Waals surface area contributed by atoms with Gasteiger partial charge >= 0.3 is 0 Å². The highest BCUT2D eigenvalue weighted by Crippen LogP contribution is 2.35. The molecule has 1 amide bonds. The predicted octanol–water partition coefficient (Wildman–Crippen LogP) is 1.33. The van der Waals surface area contributed by atoms with Crippen LogP contribution in [0, 0.1) is 0 Å². The number of amides is 1. The molecule has 0 saturated heterocycles. The van der Waals surface area contributed by atoms with Gasteiger partial charge in [0.05, 0.1) is 29.6 Å². The number of hydrogen-bond donors (Lipinski definition) is 3. The van der Waals surface area contributed by atoms with E-state index in [0.717, 1.165) is 18.4 Å². The summed E-state index contributed by atoms with van der Waals surface area (Å²) in [7, 11) is 0. The third-order valence-electron chi connectivity index (χ3n) is 3.48. The van der Waals surface area contributed by atoms with Gasteiger partial charge in [0.25, 0.3) is 5.91 Å². The van der Waals surface area contributed by atoms with Gasteiger partial charge < -0.3 is 10.4 Å². The summed E-state index contributed by atoms with van der Waals surface area (Å²) in [4.78, 5) is 12.2. The van der Waals surface area contributed by atoms with Crippen LogP contribution in [-0.4, -0.2) is 33.4 Å². The average molecular weight is 257 g/mol. The third kappa shape index (κ3) is 2.24. The van der Waals surface area contributed by atoms with Crippen LogP contribution in [-0.2, 0) is 0 Å². The van der Waals surface area contributed by atoms with Crippen LogP contribution in [0.5, 0.6) is 0 Å². The molecular weight excluding hydrogens is 242 g/mol. The number of rotatable bonds is 4. The normalized spacial score (nSPS) is 16.1. The Morgan fingerprint density at radius 1 is 1.37 bits per heavy atom. The molecule has 0 unspecified atom stereocenters. The molecule has 3 N–H and O–H groups in total.